The smallest absolute Gasteiger partial charge is 0.323 e. The fourth-order valence-electron chi connectivity index (χ4n) is 2.47. The Bertz CT molecular complexity index is 465. The molecule has 0 aromatic heterocycles. The van der Waals surface area contributed by atoms with E-state index in [4.69, 9.17) is 4.74 Å². The van der Waals surface area contributed by atoms with E-state index in [1.165, 1.54) is 13.2 Å². The van der Waals surface area contributed by atoms with Gasteiger partial charge in [0.25, 0.3) is 0 Å². The second kappa shape index (κ2) is 6.10. The second-order valence-corrected chi connectivity index (χ2v) is 4.74. The quantitative estimate of drug-likeness (QED) is 0.790. The van der Waals surface area contributed by atoms with Crippen LogP contribution < -0.4 is 0 Å². The van der Waals surface area contributed by atoms with Crippen LogP contribution in [-0.2, 0) is 16.1 Å². The minimum Gasteiger partial charge on any atom is -0.468 e. The van der Waals surface area contributed by atoms with E-state index in [1.54, 1.807) is 0 Å². The fraction of sp³-hybridized carbons (Fsp3) is 0.500. The van der Waals surface area contributed by atoms with Gasteiger partial charge in [0.2, 0.25) is 0 Å². The van der Waals surface area contributed by atoms with Gasteiger partial charge in [0, 0.05) is 12.1 Å². The number of piperidine rings is 1. The molecule has 1 aliphatic rings. The number of carbonyl (C=O) groups excluding carboxylic acids is 1. The number of halogens is 2. The first-order valence-electron chi connectivity index (χ1n) is 6.37. The van der Waals surface area contributed by atoms with E-state index in [1.807, 2.05) is 4.90 Å². The van der Waals surface area contributed by atoms with Gasteiger partial charge in [0.1, 0.15) is 17.7 Å². The summed E-state index contributed by atoms with van der Waals surface area (Å²) in [5.74, 6) is -1.23. The molecule has 1 fully saturated rings. The Morgan fingerprint density at radius 3 is 2.95 bits per heavy atom. The van der Waals surface area contributed by atoms with Crippen molar-refractivity contribution in [3.8, 4) is 0 Å². The van der Waals surface area contributed by atoms with Crippen molar-refractivity contribution in [2.75, 3.05) is 13.7 Å². The number of rotatable bonds is 3. The molecule has 1 aliphatic heterocycles. The highest BCUT2D eigenvalue weighted by atomic mass is 19.1. The van der Waals surface area contributed by atoms with Gasteiger partial charge in [-0.2, -0.15) is 0 Å². The predicted molar refractivity (Wildman–Crippen MR) is 66.4 cm³/mol. The molecule has 19 heavy (non-hydrogen) atoms. The summed E-state index contributed by atoms with van der Waals surface area (Å²) in [6.07, 6.45) is 2.59. The van der Waals surface area contributed by atoms with Gasteiger partial charge < -0.3 is 4.74 Å². The van der Waals surface area contributed by atoms with Crippen molar-refractivity contribution in [1.82, 2.24) is 4.90 Å². The molecule has 0 N–H and O–H groups in total. The molecule has 1 atom stereocenters. The van der Waals surface area contributed by atoms with Crippen LogP contribution in [0.1, 0.15) is 24.8 Å². The zero-order valence-electron chi connectivity index (χ0n) is 10.9. The fourth-order valence-corrected chi connectivity index (χ4v) is 2.47. The number of ether oxygens (including phenoxy) is 1. The van der Waals surface area contributed by atoms with Gasteiger partial charge in [-0.05, 0) is 37.6 Å². The van der Waals surface area contributed by atoms with Crippen LogP contribution in [0.4, 0.5) is 8.78 Å². The van der Waals surface area contributed by atoms with E-state index in [-0.39, 0.29) is 24.1 Å². The Labute approximate surface area is 111 Å². The highest BCUT2D eigenvalue weighted by molar-refractivity contribution is 5.75. The first-order valence-corrected chi connectivity index (χ1v) is 6.37. The Kier molecular flexibility index (Phi) is 4.47. The number of nitrogens with zero attached hydrogens (tertiary/aromatic N) is 1. The van der Waals surface area contributed by atoms with E-state index in [0.29, 0.717) is 13.0 Å². The number of methoxy groups -OCH3 is 1. The topological polar surface area (TPSA) is 29.5 Å². The van der Waals surface area contributed by atoms with Gasteiger partial charge in [0.05, 0.1) is 7.11 Å². The second-order valence-electron chi connectivity index (χ2n) is 4.74. The maximum Gasteiger partial charge on any atom is 0.323 e. The van der Waals surface area contributed by atoms with Crippen molar-refractivity contribution in [3.05, 3.63) is 35.4 Å². The molecule has 1 saturated heterocycles. The number of hydrogen-bond donors (Lipinski definition) is 0. The molecule has 1 aromatic carbocycles. The maximum absolute atomic E-state index is 13.6. The lowest BCUT2D eigenvalue weighted by molar-refractivity contribution is -0.148. The van der Waals surface area contributed by atoms with Crippen molar-refractivity contribution in [2.45, 2.75) is 31.8 Å². The number of benzene rings is 1. The number of likely N-dealkylation sites (tertiary alicyclic amines) is 1. The maximum atomic E-state index is 13.6. The molecule has 0 amide bonds. The third-order valence-corrected chi connectivity index (χ3v) is 3.47. The van der Waals surface area contributed by atoms with Gasteiger partial charge in [-0.25, -0.2) is 8.78 Å². The van der Waals surface area contributed by atoms with Crippen LogP contribution in [0.25, 0.3) is 0 Å². The molecule has 0 unspecified atom stereocenters. The molecule has 1 aromatic rings. The summed E-state index contributed by atoms with van der Waals surface area (Å²) >= 11 is 0. The lowest BCUT2D eigenvalue weighted by Gasteiger charge is -2.33. The van der Waals surface area contributed by atoms with Crippen molar-refractivity contribution >= 4 is 5.97 Å². The highest BCUT2D eigenvalue weighted by Gasteiger charge is 2.29. The highest BCUT2D eigenvalue weighted by Crippen LogP contribution is 2.22. The first kappa shape index (κ1) is 13.9. The number of esters is 1. The SMILES string of the molecule is COC(=O)[C@H]1CCCCN1Cc1cc(F)ccc1F. The van der Waals surface area contributed by atoms with Crippen LogP contribution in [0.2, 0.25) is 0 Å². The van der Waals surface area contributed by atoms with Crippen LogP contribution in [0.3, 0.4) is 0 Å². The summed E-state index contributed by atoms with van der Waals surface area (Å²) in [6, 6.07) is 3.02. The van der Waals surface area contributed by atoms with E-state index in [0.717, 1.165) is 25.0 Å². The average molecular weight is 269 g/mol. The van der Waals surface area contributed by atoms with Gasteiger partial charge >= 0.3 is 5.97 Å². The standard InChI is InChI=1S/C14H17F2NO2/c1-19-14(18)13-4-2-3-7-17(13)9-10-8-11(15)5-6-12(10)16/h5-6,8,13H,2-4,7,9H2,1H3/t13-/m1/s1. The molecule has 0 spiro atoms. The van der Waals surface area contributed by atoms with Gasteiger partial charge in [-0.3, -0.25) is 9.69 Å². The molecule has 1 heterocycles. The van der Waals surface area contributed by atoms with Crippen LogP contribution in [0.5, 0.6) is 0 Å². The summed E-state index contributed by atoms with van der Waals surface area (Å²) in [5.41, 5.74) is 0.274. The molecule has 3 nitrogen and oxygen atoms in total. The zero-order valence-corrected chi connectivity index (χ0v) is 10.9. The molecule has 0 bridgehead atoms. The summed E-state index contributed by atoms with van der Waals surface area (Å²) in [5, 5.41) is 0. The molecular formula is C14H17F2NO2. The third kappa shape index (κ3) is 3.29. The van der Waals surface area contributed by atoms with Crippen LogP contribution in [0.15, 0.2) is 18.2 Å². The Balaban J connectivity index is 2.15. The molecule has 0 aliphatic carbocycles. The first-order chi connectivity index (χ1) is 9.11. The van der Waals surface area contributed by atoms with Crippen molar-refractivity contribution < 1.29 is 18.3 Å². The minimum absolute atomic E-state index is 0.226. The van der Waals surface area contributed by atoms with Crippen molar-refractivity contribution in [3.63, 3.8) is 0 Å². The average Bonchev–Trinajstić information content (AvgIpc) is 2.42. The largest absolute Gasteiger partial charge is 0.468 e. The lowest BCUT2D eigenvalue weighted by atomic mass is 10.0. The zero-order chi connectivity index (χ0) is 13.8. The molecule has 104 valence electrons. The summed E-state index contributed by atoms with van der Waals surface area (Å²) < 4.78 is 31.5. The molecule has 5 heteroatoms. The van der Waals surface area contributed by atoms with Gasteiger partial charge in [0.15, 0.2) is 0 Å². The monoisotopic (exact) mass is 269 g/mol. The normalized spacial score (nSPS) is 20.3. The van der Waals surface area contributed by atoms with E-state index in [2.05, 4.69) is 0 Å². The van der Waals surface area contributed by atoms with Crippen molar-refractivity contribution in [1.29, 1.82) is 0 Å². The summed E-state index contributed by atoms with van der Waals surface area (Å²) in [6.45, 7) is 0.916. The lowest BCUT2D eigenvalue weighted by Crippen LogP contribution is -2.44. The molecule has 2 rings (SSSR count). The molecule has 0 radical (unpaired) electrons. The molecule has 0 saturated carbocycles. The van der Waals surface area contributed by atoms with Crippen molar-refractivity contribution in [2.24, 2.45) is 0 Å². The third-order valence-electron chi connectivity index (χ3n) is 3.47. The Morgan fingerprint density at radius 2 is 2.21 bits per heavy atom. The van der Waals surface area contributed by atoms with Gasteiger partial charge in [-0.15, -0.1) is 0 Å². The summed E-state index contributed by atoms with van der Waals surface area (Å²) in [4.78, 5) is 13.5. The number of carbonyl (C=O) groups is 1. The summed E-state index contributed by atoms with van der Waals surface area (Å²) in [7, 11) is 1.35. The van der Waals surface area contributed by atoms with Gasteiger partial charge in [-0.1, -0.05) is 6.42 Å². The van der Waals surface area contributed by atoms with Crippen LogP contribution in [-0.4, -0.2) is 30.6 Å². The molecular weight excluding hydrogens is 252 g/mol. The van der Waals surface area contributed by atoms with Crippen LogP contribution >= 0.6 is 0 Å². The van der Waals surface area contributed by atoms with E-state index < -0.39 is 11.6 Å². The van der Waals surface area contributed by atoms with Crippen LogP contribution in [0, 0.1) is 11.6 Å². The number of hydrogen-bond acceptors (Lipinski definition) is 3. The van der Waals surface area contributed by atoms with E-state index in [9.17, 15) is 13.6 Å². The van der Waals surface area contributed by atoms with E-state index >= 15 is 0 Å². The predicted octanol–water partition coefficient (Wildman–Crippen LogP) is 2.49. The Hall–Kier alpha value is -1.49. The minimum atomic E-state index is -0.469. The Morgan fingerprint density at radius 1 is 1.42 bits per heavy atom.